The van der Waals surface area contributed by atoms with E-state index in [9.17, 15) is 4.79 Å². The first-order valence-electron chi connectivity index (χ1n) is 6.45. The Bertz CT molecular complexity index is 414. The first kappa shape index (κ1) is 12.9. The average molecular weight is 248 g/mol. The molecule has 1 fully saturated rings. The van der Waals surface area contributed by atoms with Gasteiger partial charge in [0.15, 0.2) is 0 Å². The maximum atomic E-state index is 12.2. The summed E-state index contributed by atoms with van der Waals surface area (Å²) >= 11 is 0. The van der Waals surface area contributed by atoms with Crippen molar-refractivity contribution in [2.75, 3.05) is 18.9 Å². The number of amides is 1. The smallest absolute Gasteiger partial charge is 0.251 e. The molecule has 1 saturated heterocycles. The van der Waals surface area contributed by atoms with E-state index in [1.54, 1.807) is 0 Å². The van der Waals surface area contributed by atoms with Crippen molar-refractivity contribution in [2.45, 2.75) is 32.4 Å². The largest absolute Gasteiger partial charge is 0.399 e. The van der Waals surface area contributed by atoms with Crippen LogP contribution in [-0.4, -0.2) is 30.1 Å². The molecule has 1 atom stereocenters. The predicted octanol–water partition coefficient (Wildman–Crippen LogP) is 1.80. The van der Waals surface area contributed by atoms with Gasteiger partial charge in [0.05, 0.1) is 0 Å². The Morgan fingerprint density at radius 2 is 2.39 bits per heavy atom. The van der Waals surface area contributed by atoms with Gasteiger partial charge in [-0.25, -0.2) is 0 Å². The number of hydrogen-bond acceptors (Lipinski definition) is 3. The number of likely N-dealkylation sites (N-methyl/N-ethyl adjacent to an activating group) is 1. The maximum Gasteiger partial charge on any atom is 0.251 e. The number of hydrogen-bond donors (Lipinski definition) is 1. The summed E-state index contributed by atoms with van der Waals surface area (Å²) in [5.74, 6) is 0.0948. The molecular weight excluding hydrogens is 228 g/mol. The Morgan fingerprint density at radius 1 is 1.56 bits per heavy atom. The molecule has 0 saturated carbocycles. The summed E-state index contributed by atoms with van der Waals surface area (Å²) in [6.45, 7) is 3.97. The summed E-state index contributed by atoms with van der Waals surface area (Å²) in [7, 11) is 0. The van der Waals surface area contributed by atoms with E-state index in [0.29, 0.717) is 19.7 Å². The SMILES string of the molecule is CCN(Cc1cccc(N)c1)C(=O)C1CCCO1. The van der Waals surface area contributed by atoms with Gasteiger partial charge in [0.25, 0.3) is 5.91 Å². The summed E-state index contributed by atoms with van der Waals surface area (Å²) < 4.78 is 5.44. The number of benzene rings is 1. The van der Waals surface area contributed by atoms with Crippen molar-refractivity contribution in [2.24, 2.45) is 0 Å². The van der Waals surface area contributed by atoms with Gasteiger partial charge in [-0.2, -0.15) is 0 Å². The zero-order valence-corrected chi connectivity index (χ0v) is 10.8. The molecule has 1 aliphatic heterocycles. The van der Waals surface area contributed by atoms with Gasteiger partial charge in [-0.1, -0.05) is 12.1 Å². The third-order valence-corrected chi connectivity index (χ3v) is 3.22. The van der Waals surface area contributed by atoms with Crippen LogP contribution in [0.25, 0.3) is 0 Å². The van der Waals surface area contributed by atoms with E-state index in [0.717, 1.165) is 24.1 Å². The highest BCUT2D eigenvalue weighted by molar-refractivity contribution is 5.81. The molecule has 4 nitrogen and oxygen atoms in total. The van der Waals surface area contributed by atoms with Gasteiger partial charge in [-0.3, -0.25) is 4.79 Å². The van der Waals surface area contributed by atoms with E-state index in [2.05, 4.69) is 0 Å². The second-order valence-electron chi connectivity index (χ2n) is 4.60. The molecule has 18 heavy (non-hydrogen) atoms. The van der Waals surface area contributed by atoms with E-state index in [1.165, 1.54) is 0 Å². The predicted molar refractivity (Wildman–Crippen MR) is 70.9 cm³/mol. The molecule has 1 aliphatic rings. The fourth-order valence-electron chi connectivity index (χ4n) is 2.23. The van der Waals surface area contributed by atoms with Crippen molar-refractivity contribution >= 4 is 11.6 Å². The monoisotopic (exact) mass is 248 g/mol. The van der Waals surface area contributed by atoms with Crippen LogP contribution in [0.4, 0.5) is 5.69 Å². The summed E-state index contributed by atoms with van der Waals surface area (Å²) in [5.41, 5.74) is 7.53. The van der Waals surface area contributed by atoms with Crippen LogP contribution in [0, 0.1) is 0 Å². The Balaban J connectivity index is 2.02. The number of anilines is 1. The van der Waals surface area contributed by atoms with Crippen molar-refractivity contribution in [1.82, 2.24) is 4.90 Å². The Kier molecular flexibility index (Phi) is 4.20. The second kappa shape index (κ2) is 5.87. The number of nitrogens with two attached hydrogens (primary N) is 1. The molecule has 98 valence electrons. The van der Waals surface area contributed by atoms with Crippen molar-refractivity contribution in [1.29, 1.82) is 0 Å². The van der Waals surface area contributed by atoms with Gasteiger partial charge in [0.1, 0.15) is 6.10 Å². The average Bonchev–Trinajstić information content (AvgIpc) is 2.89. The molecule has 0 spiro atoms. The van der Waals surface area contributed by atoms with Crippen LogP contribution in [-0.2, 0) is 16.1 Å². The van der Waals surface area contributed by atoms with Gasteiger partial charge in [-0.15, -0.1) is 0 Å². The van der Waals surface area contributed by atoms with Crippen molar-refractivity contribution in [3.05, 3.63) is 29.8 Å². The summed E-state index contributed by atoms with van der Waals surface area (Å²) in [5, 5.41) is 0. The molecule has 0 aliphatic carbocycles. The van der Waals surface area contributed by atoms with E-state index in [4.69, 9.17) is 10.5 Å². The molecule has 1 amide bonds. The van der Waals surface area contributed by atoms with Crippen molar-refractivity contribution < 1.29 is 9.53 Å². The highest BCUT2D eigenvalue weighted by atomic mass is 16.5. The fraction of sp³-hybridized carbons (Fsp3) is 0.500. The minimum absolute atomic E-state index is 0.0948. The number of carbonyl (C=O) groups excluding carboxylic acids is 1. The molecule has 1 aromatic carbocycles. The second-order valence-corrected chi connectivity index (χ2v) is 4.60. The van der Waals surface area contributed by atoms with Crippen LogP contribution < -0.4 is 5.73 Å². The zero-order valence-electron chi connectivity index (χ0n) is 10.8. The molecule has 0 aromatic heterocycles. The van der Waals surface area contributed by atoms with Gasteiger partial charge in [0, 0.05) is 25.4 Å². The van der Waals surface area contributed by atoms with Gasteiger partial charge >= 0.3 is 0 Å². The summed E-state index contributed by atoms with van der Waals surface area (Å²) in [6, 6.07) is 7.66. The number of nitrogen functional groups attached to an aromatic ring is 1. The van der Waals surface area contributed by atoms with E-state index >= 15 is 0 Å². The third-order valence-electron chi connectivity index (χ3n) is 3.22. The van der Waals surface area contributed by atoms with Crippen LogP contribution >= 0.6 is 0 Å². The van der Waals surface area contributed by atoms with E-state index in [1.807, 2.05) is 36.1 Å². The van der Waals surface area contributed by atoms with Gasteiger partial charge in [0.2, 0.25) is 0 Å². The molecule has 4 heteroatoms. The molecule has 2 rings (SSSR count). The van der Waals surface area contributed by atoms with Crippen LogP contribution in [0.2, 0.25) is 0 Å². The molecule has 1 heterocycles. The quantitative estimate of drug-likeness (QED) is 0.827. The lowest BCUT2D eigenvalue weighted by Crippen LogP contribution is -2.38. The summed E-state index contributed by atoms with van der Waals surface area (Å²) in [4.78, 5) is 14.1. The topological polar surface area (TPSA) is 55.6 Å². The lowest BCUT2D eigenvalue weighted by molar-refractivity contribution is -0.141. The molecule has 0 radical (unpaired) electrons. The van der Waals surface area contributed by atoms with Crippen LogP contribution in [0.1, 0.15) is 25.3 Å². The van der Waals surface area contributed by atoms with Crippen molar-refractivity contribution in [3.63, 3.8) is 0 Å². The maximum absolute atomic E-state index is 12.2. The first-order chi connectivity index (χ1) is 8.70. The van der Waals surface area contributed by atoms with Crippen LogP contribution in [0.15, 0.2) is 24.3 Å². The molecule has 0 bridgehead atoms. The number of ether oxygens (including phenoxy) is 1. The van der Waals surface area contributed by atoms with E-state index in [-0.39, 0.29) is 12.0 Å². The molecule has 1 aromatic rings. The van der Waals surface area contributed by atoms with Gasteiger partial charge < -0.3 is 15.4 Å². The molecular formula is C14H20N2O2. The van der Waals surface area contributed by atoms with E-state index < -0.39 is 0 Å². The number of rotatable bonds is 4. The minimum Gasteiger partial charge on any atom is -0.399 e. The zero-order chi connectivity index (χ0) is 13.0. The van der Waals surface area contributed by atoms with Crippen molar-refractivity contribution in [3.8, 4) is 0 Å². The fourth-order valence-corrected chi connectivity index (χ4v) is 2.23. The minimum atomic E-state index is -0.244. The van der Waals surface area contributed by atoms with Crippen LogP contribution in [0.5, 0.6) is 0 Å². The van der Waals surface area contributed by atoms with Gasteiger partial charge in [-0.05, 0) is 37.5 Å². The lowest BCUT2D eigenvalue weighted by atomic mass is 10.1. The first-order valence-corrected chi connectivity index (χ1v) is 6.45. The van der Waals surface area contributed by atoms with Crippen LogP contribution in [0.3, 0.4) is 0 Å². The normalized spacial score (nSPS) is 18.8. The highest BCUT2D eigenvalue weighted by Crippen LogP contribution is 2.17. The summed E-state index contributed by atoms with van der Waals surface area (Å²) in [6.07, 6.45) is 1.57. The Morgan fingerprint density at radius 3 is 3.00 bits per heavy atom. The highest BCUT2D eigenvalue weighted by Gasteiger charge is 2.27. The molecule has 2 N–H and O–H groups in total. The number of nitrogens with zero attached hydrogens (tertiary/aromatic N) is 1. The Hall–Kier alpha value is -1.55. The Labute approximate surface area is 108 Å². The molecule has 1 unspecified atom stereocenters. The lowest BCUT2D eigenvalue weighted by Gasteiger charge is -2.24. The third kappa shape index (κ3) is 3.01. The standard InChI is InChI=1S/C14H20N2O2/c1-2-16(14(17)13-7-4-8-18-13)10-11-5-3-6-12(15)9-11/h3,5-6,9,13H,2,4,7-8,10,15H2,1H3. The number of carbonyl (C=O) groups is 1.